The average molecular weight is 380 g/mol. The molecule has 0 aromatic heterocycles. The minimum absolute atomic E-state index is 0.101. The number of carboxylic acid groups (broad SMARTS) is 1. The second-order valence-electron chi connectivity index (χ2n) is 6.05. The fourth-order valence-electron chi connectivity index (χ4n) is 2.04. The maximum absolute atomic E-state index is 11.9. The molecule has 3 amide bonds. The molecule has 0 spiro atoms. The largest absolute Gasteiger partial charge is 0.508 e. The van der Waals surface area contributed by atoms with Gasteiger partial charge in [0.25, 0.3) is 0 Å². The second kappa shape index (κ2) is 10.1. The van der Waals surface area contributed by atoms with Crippen molar-refractivity contribution >= 4 is 23.7 Å². The molecule has 10 heteroatoms. The summed E-state index contributed by atoms with van der Waals surface area (Å²) in [5.41, 5.74) is 6.53. The number of carboxylic acids is 1. The molecule has 3 atom stereocenters. The van der Waals surface area contributed by atoms with E-state index in [4.69, 9.17) is 10.8 Å². The number of carbonyl (C=O) groups excluding carboxylic acids is 3. The highest BCUT2D eigenvalue weighted by Crippen LogP contribution is 2.10. The summed E-state index contributed by atoms with van der Waals surface area (Å²) in [5, 5.41) is 24.9. The molecule has 0 fully saturated rings. The number of amides is 3. The van der Waals surface area contributed by atoms with Gasteiger partial charge in [-0.05, 0) is 38.0 Å². The smallest absolute Gasteiger partial charge is 0.325 e. The maximum atomic E-state index is 11.9. The molecule has 0 aliphatic heterocycles. The lowest BCUT2D eigenvalue weighted by atomic mass is 10.1. The number of rotatable bonds is 9. The summed E-state index contributed by atoms with van der Waals surface area (Å²) in [6, 6.07) is 3.27. The van der Waals surface area contributed by atoms with Crippen LogP contribution in [0.5, 0.6) is 5.75 Å². The van der Waals surface area contributed by atoms with Gasteiger partial charge in [0.2, 0.25) is 17.7 Å². The van der Waals surface area contributed by atoms with Crippen molar-refractivity contribution in [2.45, 2.75) is 38.4 Å². The fraction of sp³-hybridized carbons (Fsp3) is 0.412. The number of nitrogens with two attached hydrogens (primary N) is 1. The van der Waals surface area contributed by atoms with Gasteiger partial charge in [0.1, 0.15) is 17.8 Å². The minimum atomic E-state index is -1.20. The van der Waals surface area contributed by atoms with Crippen LogP contribution in [0, 0.1) is 0 Å². The van der Waals surface area contributed by atoms with E-state index in [9.17, 15) is 24.3 Å². The lowest BCUT2D eigenvalue weighted by molar-refractivity contribution is -0.141. The Morgan fingerprint density at radius 3 is 2.15 bits per heavy atom. The summed E-state index contributed by atoms with van der Waals surface area (Å²) >= 11 is 0. The van der Waals surface area contributed by atoms with Crippen LogP contribution in [0.3, 0.4) is 0 Å². The summed E-state index contributed by atoms with van der Waals surface area (Å²) < 4.78 is 0. The van der Waals surface area contributed by atoms with Crippen molar-refractivity contribution in [1.82, 2.24) is 16.0 Å². The highest BCUT2D eigenvalue weighted by Gasteiger charge is 2.21. The molecule has 0 saturated carbocycles. The second-order valence-corrected chi connectivity index (χ2v) is 6.05. The quantitative estimate of drug-likeness (QED) is 0.302. The lowest BCUT2D eigenvalue weighted by Gasteiger charge is -2.17. The number of hydrogen-bond donors (Lipinski definition) is 6. The van der Waals surface area contributed by atoms with Gasteiger partial charge in [0, 0.05) is 0 Å². The summed E-state index contributed by atoms with van der Waals surface area (Å²) in [4.78, 5) is 46.2. The van der Waals surface area contributed by atoms with Crippen molar-refractivity contribution in [3.8, 4) is 5.75 Å². The van der Waals surface area contributed by atoms with Gasteiger partial charge in [-0.25, -0.2) is 0 Å². The zero-order valence-electron chi connectivity index (χ0n) is 15.1. The van der Waals surface area contributed by atoms with Gasteiger partial charge in [-0.3, -0.25) is 19.2 Å². The Hall–Kier alpha value is -3.14. The zero-order valence-corrected chi connectivity index (χ0v) is 15.1. The van der Waals surface area contributed by atoms with E-state index in [2.05, 4.69) is 16.0 Å². The number of aromatic hydroxyl groups is 1. The number of aliphatic carboxylic acids is 1. The monoisotopic (exact) mass is 380 g/mol. The van der Waals surface area contributed by atoms with Gasteiger partial charge in [0.05, 0.1) is 12.6 Å². The first-order valence-electron chi connectivity index (χ1n) is 8.24. The van der Waals surface area contributed by atoms with E-state index >= 15 is 0 Å². The summed E-state index contributed by atoms with van der Waals surface area (Å²) in [6.45, 7) is 2.30. The third-order valence-corrected chi connectivity index (χ3v) is 3.65. The van der Waals surface area contributed by atoms with Crippen LogP contribution in [-0.2, 0) is 25.6 Å². The number of phenols is 1. The van der Waals surface area contributed by atoms with E-state index in [1.165, 1.54) is 26.0 Å². The molecular formula is C17H24N4O6. The van der Waals surface area contributed by atoms with E-state index in [1.54, 1.807) is 12.1 Å². The topological polar surface area (TPSA) is 171 Å². The number of carbonyl (C=O) groups is 4. The first-order valence-corrected chi connectivity index (χ1v) is 8.24. The Morgan fingerprint density at radius 1 is 1.00 bits per heavy atom. The van der Waals surface area contributed by atoms with Crippen LogP contribution in [0.2, 0.25) is 0 Å². The van der Waals surface area contributed by atoms with Crippen molar-refractivity contribution in [3.05, 3.63) is 29.8 Å². The Labute approximate surface area is 156 Å². The minimum Gasteiger partial charge on any atom is -0.508 e. The summed E-state index contributed by atoms with van der Waals surface area (Å²) in [7, 11) is 0. The van der Waals surface area contributed by atoms with Crippen LogP contribution in [0.25, 0.3) is 0 Å². The molecule has 10 nitrogen and oxygen atoms in total. The van der Waals surface area contributed by atoms with Crippen LogP contribution in [0.1, 0.15) is 19.4 Å². The predicted molar refractivity (Wildman–Crippen MR) is 95.6 cm³/mol. The van der Waals surface area contributed by atoms with Crippen molar-refractivity contribution in [3.63, 3.8) is 0 Å². The SMILES string of the molecule is CC(NC(=O)C(C)NC(=O)CNC(=O)C(N)Cc1ccc(O)cc1)C(=O)O. The van der Waals surface area contributed by atoms with E-state index < -0.39 is 41.8 Å². The van der Waals surface area contributed by atoms with Crippen LogP contribution < -0.4 is 21.7 Å². The van der Waals surface area contributed by atoms with Crippen molar-refractivity contribution in [2.24, 2.45) is 5.73 Å². The van der Waals surface area contributed by atoms with E-state index in [1.807, 2.05) is 0 Å². The first kappa shape index (κ1) is 21.9. The Bertz CT molecular complexity index is 691. The molecule has 1 rings (SSSR count). The van der Waals surface area contributed by atoms with Gasteiger partial charge in [-0.2, -0.15) is 0 Å². The van der Waals surface area contributed by atoms with Gasteiger partial charge < -0.3 is 31.9 Å². The molecule has 148 valence electrons. The molecule has 0 bridgehead atoms. The predicted octanol–water partition coefficient (Wildman–Crippen LogP) is -1.53. The summed E-state index contributed by atoms with van der Waals surface area (Å²) in [5.74, 6) is -2.92. The van der Waals surface area contributed by atoms with Gasteiger partial charge >= 0.3 is 5.97 Å². The molecule has 0 saturated heterocycles. The van der Waals surface area contributed by atoms with Crippen molar-refractivity contribution in [1.29, 1.82) is 0 Å². The molecule has 0 heterocycles. The molecular weight excluding hydrogens is 356 g/mol. The lowest BCUT2D eigenvalue weighted by Crippen LogP contribution is -2.52. The fourth-order valence-corrected chi connectivity index (χ4v) is 2.04. The molecule has 0 aliphatic rings. The molecule has 1 aromatic rings. The number of hydrogen-bond acceptors (Lipinski definition) is 6. The number of phenolic OH excluding ortho intramolecular Hbond substituents is 1. The molecule has 3 unspecified atom stereocenters. The molecule has 27 heavy (non-hydrogen) atoms. The third-order valence-electron chi connectivity index (χ3n) is 3.65. The van der Waals surface area contributed by atoms with Crippen LogP contribution >= 0.6 is 0 Å². The zero-order chi connectivity index (χ0) is 20.6. The Morgan fingerprint density at radius 2 is 1.59 bits per heavy atom. The van der Waals surface area contributed by atoms with Crippen LogP contribution in [0.4, 0.5) is 0 Å². The van der Waals surface area contributed by atoms with Gasteiger partial charge in [0.15, 0.2) is 0 Å². The number of benzene rings is 1. The Balaban J connectivity index is 2.39. The maximum Gasteiger partial charge on any atom is 0.325 e. The highest BCUT2D eigenvalue weighted by molar-refractivity contribution is 5.92. The van der Waals surface area contributed by atoms with Crippen LogP contribution in [-0.4, -0.2) is 58.6 Å². The van der Waals surface area contributed by atoms with Crippen LogP contribution in [0.15, 0.2) is 24.3 Å². The molecule has 0 aliphatic carbocycles. The summed E-state index contributed by atoms with van der Waals surface area (Å²) in [6.07, 6.45) is 0.222. The number of nitrogens with one attached hydrogen (secondary N) is 3. The van der Waals surface area contributed by atoms with Gasteiger partial charge in [-0.15, -0.1) is 0 Å². The molecule has 7 N–H and O–H groups in total. The van der Waals surface area contributed by atoms with Gasteiger partial charge in [-0.1, -0.05) is 12.1 Å². The first-order chi connectivity index (χ1) is 12.6. The molecule has 1 aromatic carbocycles. The van der Waals surface area contributed by atoms with E-state index in [0.29, 0.717) is 0 Å². The third kappa shape index (κ3) is 7.74. The van der Waals surface area contributed by atoms with E-state index in [0.717, 1.165) is 5.56 Å². The standard InChI is InChI=1S/C17H24N4O6/c1-9(15(24)21-10(2)17(26)27)20-14(23)8-19-16(25)13(18)7-11-3-5-12(22)6-4-11/h3-6,9-10,13,22H,7-8,18H2,1-2H3,(H,19,25)(H,20,23)(H,21,24)(H,26,27). The average Bonchev–Trinajstić information content (AvgIpc) is 2.61. The van der Waals surface area contributed by atoms with Crippen molar-refractivity contribution < 1.29 is 29.4 Å². The Kier molecular flexibility index (Phi) is 8.21. The molecule has 0 radical (unpaired) electrons. The highest BCUT2D eigenvalue weighted by atomic mass is 16.4. The van der Waals surface area contributed by atoms with Crippen molar-refractivity contribution in [2.75, 3.05) is 6.54 Å². The van der Waals surface area contributed by atoms with E-state index in [-0.39, 0.29) is 18.7 Å². The normalized spacial score (nSPS) is 13.7.